The average molecular weight is 964 g/mol. The molecule has 0 aromatic heterocycles. The number of hydrogen-bond acceptors (Lipinski definition) is 0. The zero-order chi connectivity index (χ0) is 52.3. The monoisotopic (exact) mass is 963 g/mol. The van der Waals surface area contributed by atoms with Crippen LogP contribution in [0.1, 0.15) is 273 Å². The van der Waals surface area contributed by atoms with Crippen LogP contribution in [0.2, 0.25) is 0 Å². The van der Waals surface area contributed by atoms with Gasteiger partial charge in [0.25, 0.3) is 5.92 Å². The molecular weight excluding hydrogens is 845 g/mol. The van der Waals surface area contributed by atoms with Crippen molar-refractivity contribution in [3.05, 3.63) is 24.8 Å². The van der Waals surface area contributed by atoms with E-state index in [1.165, 1.54) is 77.0 Å². The van der Waals surface area contributed by atoms with Crippen molar-refractivity contribution in [3.8, 4) is 0 Å². The van der Waals surface area contributed by atoms with Gasteiger partial charge >= 0.3 is 0 Å². The lowest BCUT2D eigenvalue weighted by atomic mass is 9.77. The highest BCUT2D eigenvalue weighted by Gasteiger charge is 2.56. The Morgan fingerprint density at radius 3 is 1.07 bits per heavy atom. The molecule has 402 valence electrons. The molecule has 10 aliphatic rings. The molecule has 0 spiro atoms. The van der Waals surface area contributed by atoms with E-state index in [1.807, 2.05) is 13.8 Å². The maximum absolute atomic E-state index is 13.2. The lowest BCUT2D eigenvalue weighted by Gasteiger charge is -2.35. The SMILES string of the molecule is C=CC1CC1(C)C.CC(C)CC1(F)CC1.CC(C)CC1(F)CCC1.CC(C)CC1C=CCC1.CC(C)CC1CC1(F)F.CC1(C)CC1.CC1(C)CC1C1CC1.CC1CC1(C)C.CCC1CC1(C)C. The van der Waals surface area contributed by atoms with Crippen molar-refractivity contribution in [1.29, 1.82) is 0 Å². The Balaban J connectivity index is 0.000000264. The molecule has 0 nitrogen and oxygen atoms in total. The maximum Gasteiger partial charge on any atom is 0.251 e. The molecule has 0 bridgehead atoms. The van der Waals surface area contributed by atoms with Gasteiger partial charge in [-0.15, -0.1) is 6.58 Å². The molecule has 9 fully saturated rings. The van der Waals surface area contributed by atoms with Crippen LogP contribution in [0.15, 0.2) is 24.8 Å². The lowest BCUT2D eigenvalue weighted by Crippen LogP contribution is -2.32. The molecule has 0 amide bonds. The van der Waals surface area contributed by atoms with Crippen molar-refractivity contribution in [1.82, 2.24) is 0 Å². The van der Waals surface area contributed by atoms with Crippen molar-refractivity contribution in [2.75, 3.05) is 0 Å². The largest absolute Gasteiger partial charge is 0.251 e. The van der Waals surface area contributed by atoms with Crippen molar-refractivity contribution < 1.29 is 17.6 Å². The summed E-state index contributed by atoms with van der Waals surface area (Å²) >= 11 is 0. The second-order valence-electron chi connectivity index (χ2n) is 29.8. The normalized spacial score (nSPS) is 31.4. The Morgan fingerprint density at radius 1 is 0.559 bits per heavy atom. The van der Waals surface area contributed by atoms with E-state index in [0.29, 0.717) is 35.0 Å². The molecule has 4 heteroatoms. The van der Waals surface area contributed by atoms with E-state index in [-0.39, 0.29) is 12.3 Å². The number of hydrogen-bond donors (Lipinski definition) is 0. The van der Waals surface area contributed by atoms with Gasteiger partial charge in [0.1, 0.15) is 11.3 Å². The molecule has 0 N–H and O–H groups in total. The molecular formula is C64H118F4. The van der Waals surface area contributed by atoms with Gasteiger partial charge in [0.2, 0.25) is 0 Å². The first kappa shape index (κ1) is 63.3. The van der Waals surface area contributed by atoms with E-state index < -0.39 is 17.3 Å². The maximum atomic E-state index is 13.2. The van der Waals surface area contributed by atoms with Crippen LogP contribution in [0.3, 0.4) is 0 Å². The number of allylic oxidation sites excluding steroid dienone is 3. The van der Waals surface area contributed by atoms with Gasteiger partial charge in [0, 0.05) is 12.3 Å². The fourth-order valence-electron chi connectivity index (χ4n) is 10.1. The first-order valence-electron chi connectivity index (χ1n) is 29.0. The van der Waals surface area contributed by atoms with Crippen LogP contribution in [0.5, 0.6) is 0 Å². The molecule has 0 aliphatic heterocycles. The first-order valence-corrected chi connectivity index (χ1v) is 29.0. The Hall–Kier alpha value is -0.800. The van der Waals surface area contributed by atoms with Gasteiger partial charge in [-0.25, -0.2) is 17.6 Å². The van der Waals surface area contributed by atoms with Crippen molar-refractivity contribution in [2.24, 2.45) is 92.2 Å². The van der Waals surface area contributed by atoms with Crippen LogP contribution >= 0.6 is 0 Å². The molecule has 0 saturated heterocycles. The second kappa shape index (κ2) is 25.9. The molecule has 68 heavy (non-hydrogen) atoms. The Bertz CT molecular complexity index is 1450. The van der Waals surface area contributed by atoms with E-state index in [4.69, 9.17) is 0 Å². The predicted molar refractivity (Wildman–Crippen MR) is 293 cm³/mol. The summed E-state index contributed by atoms with van der Waals surface area (Å²) in [5.74, 6) is 5.80. The Labute approximate surface area is 423 Å². The zero-order valence-electron chi connectivity index (χ0n) is 49.2. The van der Waals surface area contributed by atoms with Gasteiger partial charge in [0.15, 0.2) is 0 Å². The summed E-state index contributed by atoms with van der Waals surface area (Å²) in [6, 6.07) is 0. The molecule has 0 aromatic rings. The quantitative estimate of drug-likeness (QED) is 0.143. The van der Waals surface area contributed by atoms with Gasteiger partial charge in [-0.2, -0.15) is 0 Å². The van der Waals surface area contributed by atoms with Crippen molar-refractivity contribution in [2.45, 2.75) is 291 Å². The zero-order valence-corrected chi connectivity index (χ0v) is 49.2. The summed E-state index contributed by atoms with van der Waals surface area (Å²) in [4.78, 5) is 0. The fraction of sp³-hybridized carbons (Fsp3) is 0.938. The fourth-order valence-corrected chi connectivity index (χ4v) is 10.1. The summed E-state index contributed by atoms with van der Waals surface area (Å²) in [5.41, 5.74) is 2.04. The van der Waals surface area contributed by atoms with Crippen LogP contribution in [-0.2, 0) is 0 Å². The van der Waals surface area contributed by atoms with Gasteiger partial charge in [0.05, 0.1) is 0 Å². The molecule has 0 aromatic carbocycles. The van der Waals surface area contributed by atoms with Gasteiger partial charge in [-0.3, -0.25) is 0 Å². The molecule has 0 heterocycles. The summed E-state index contributed by atoms with van der Waals surface area (Å²) in [6.07, 6.45) is 30.7. The highest BCUT2D eigenvalue weighted by molar-refractivity contribution is 5.05. The second-order valence-corrected chi connectivity index (χ2v) is 29.8. The summed E-state index contributed by atoms with van der Waals surface area (Å²) in [7, 11) is 0. The third-order valence-electron chi connectivity index (χ3n) is 17.3. The van der Waals surface area contributed by atoms with Crippen LogP contribution in [-0.4, -0.2) is 17.3 Å². The first-order chi connectivity index (χ1) is 30.9. The lowest BCUT2D eigenvalue weighted by molar-refractivity contribution is 0.0406. The molecule has 0 radical (unpaired) electrons. The van der Waals surface area contributed by atoms with Crippen molar-refractivity contribution in [3.63, 3.8) is 0 Å². The standard InChI is InChI=1S/C9H16.C8H15F.C8H14.C7H12F2.C7H13F.C7H14.C7H12.C6H12.C5H10/c1-8(2)7-9-5-3-4-6-9;1-7(2)6-8(9)4-3-5-8;1-8(2)5-7(8)6-3-4-6;1-5(2)3-6-4-7(6,8)9;1-6(2)5-7(8)3-4-7;2*1-4-6-5-7(6,2)3;1-5-4-6(5,2)3;1-5(2)3-4-5/h3,5,8-9H,4,6-7H2,1-2H3;7H,3-6H2,1-2H3;6-7H,3-5H2,1-2H3;5-6H,3-4H2,1-2H3;6H,3-5H2,1-2H3;6H,4-5H2,1-3H3;4,6H,1,5H2,2-3H3;5H,4H2,1-3H3;3-4H2,1-2H3. The number of rotatable bonds is 11. The van der Waals surface area contributed by atoms with Crippen LogP contribution in [0, 0.1) is 92.2 Å². The molecule has 10 aliphatic carbocycles. The van der Waals surface area contributed by atoms with Gasteiger partial charge < -0.3 is 0 Å². The third kappa shape index (κ3) is 27.9. The minimum atomic E-state index is -2.30. The Morgan fingerprint density at radius 2 is 0.971 bits per heavy atom. The van der Waals surface area contributed by atoms with E-state index in [0.717, 1.165) is 103 Å². The predicted octanol–water partition coefficient (Wildman–Crippen LogP) is 22.1. The smallest absolute Gasteiger partial charge is 0.244 e. The van der Waals surface area contributed by atoms with Crippen LogP contribution in [0.4, 0.5) is 17.6 Å². The average Bonchev–Trinajstić information content (AvgIpc) is 3.88. The van der Waals surface area contributed by atoms with E-state index >= 15 is 0 Å². The molecule has 6 unspecified atom stereocenters. The summed E-state index contributed by atoms with van der Waals surface area (Å²) < 4.78 is 50.2. The Kier molecular flexibility index (Phi) is 24.1. The van der Waals surface area contributed by atoms with Gasteiger partial charge in [-0.05, 0) is 208 Å². The van der Waals surface area contributed by atoms with E-state index in [1.54, 1.807) is 0 Å². The highest BCUT2D eigenvalue weighted by atomic mass is 19.3. The summed E-state index contributed by atoms with van der Waals surface area (Å²) in [6.45, 7) is 48.4. The summed E-state index contributed by atoms with van der Waals surface area (Å²) in [5, 5.41) is 0. The van der Waals surface area contributed by atoms with Crippen LogP contribution in [0.25, 0.3) is 0 Å². The number of halogens is 4. The van der Waals surface area contributed by atoms with E-state index in [2.05, 4.69) is 149 Å². The number of alkyl halides is 4. The van der Waals surface area contributed by atoms with E-state index in [9.17, 15) is 17.6 Å². The molecule has 9 saturated carbocycles. The molecule has 10 rings (SSSR count). The van der Waals surface area contributed by atoms with Gasteiger partial charge in [-0.1, -0.05) is 163 Å². The third-order valence-corrected chi connectivity index (χ3v) is 17.3. The minimum Gasteiger partial charge on any atom is -0.244 e. The minimum absolute atomic E-state index is 0.130. The van der Waals surface area contributed by atoms with Crippen molar-refractivity contribution >= 4 is 0 Å². The topological polar surface area (TPSA) is 0 Å². The molecule has 6 atom stereocenters. The van der Waals surface area contributed by atoms with Crippen LogP contribution < -0.4 is 0 Å². The highest BCUT2D eigenvalue weighted by Crippen LogP contribution is 2.62.